The number of aromatic hydroxyl groups is 1. The van der Waals surface area contributed by atoms with Gasteiger partial charge in [0.2, 0.25) is 0 Å². The van der Waals surface area contributed by atoms with Crippen LogP contribution in [0.1, 0.15) is 11.1 Å². The molecule has 0 radical (unpaired) electrons. The molecule has 1 N–H and O–H groups in total. The summed E-state index contributed by atoms with van der Waals surface area (Å²) in [6, 6.07) is 11.9. The summed E-state index contributed by atoms with van der Waals surface area (Å²) in [5.41, 5.74) is -0.00999. The van der Waals surface area contributed by atoms with Crippen molar-refractivity contribution in [2.45, 2.75) is 16.8 Å². The van der Waals surface area contributed by atoms with E-state index >= 15 is 0 Å². The Morgan fingerprint density at radius 1 is 1.00 bits per heavy atom. The number of alkyl halides is 3. The van der Waals surface area contributed by atoms with Crippen molar-refractivity contribution in [3.8, 4) is 5.75 Å². The first-order chi connectivity index (χ1) is 8.95. The van der Waals surface area contributed by atoms with E-state index in [1.165, 1.54) is 17.8 Å². The molecular formula is C14H11F3OS. The third-order valence-electron chi connectivity index (χ3n) is 2.50. The highest BCUT2D eigenvalue weighted by atomic mass is 32.2. The molecule has 5 heteroatoms. The van der Waals surface area contributed by atoms with Gasteiger partial charge in [-0.3, -0.25) is 0 Å². The first-order valence-corrected chi connectivity index (χ1v) is 6.52. The molecule has 0 saturated carbocycles. The second-order valence-corrected chi connectivity index (χ2v) is 5.03. The average Bonchev–Trinajstić information content (AvgIpc) is 2.37. The molecule has 0 unspecified atom stereocenters. The van der Waals surface area contributed by atoms with Gasteiger partial charge < -0.3 is 5.11 Å². The topological polar surface area (TPSA) is 20.2 Å². The molecule has 2 aromatic rings. The number of phenolic OH excluding ortho intramolecular Hbond substituents is 1. The normalized spacial score (nSPS) is 11.5. The molecule has 0 heterocycles. The van der Waals surface area contributed by atoms with E-state index in [1.54, 1.807) is 30.3 Å². The number of benzene rings is 2. The van der Waals surface area contributed by atoms with Crippen LogP contribution in [-0.2, 0) is 11.9 Å². The highest BCUT2D eigenvalue weighted by Gasteiger charge is 2.30. The molecule has 0 amide bonds. The molecule has 0 bridgehead atoms. The van der Waals surface area contributed by atoms with Crippen LogP contribution in [-0.4, -0.2) is 5.11 Å². The minimum atomic E-state index is -4.31. The summed E-state index contributed by atoms with van der Waals surface area (Å²) in [6.07, 6.45) is -4.31. The van der Waals surface area contributed by atoms with E-state index in [0.717, 1.165) is 17.0 Å². The fourth-order valence-electron chi connectivity index (χ4n) is 1.55. The Labute approximate surface area is 113 Å². The van der Waals surface area contributed by atoms with Crippen molar-refractivity contribution in [2.24, 2.45) is 0 Å². The predicted molar refractivity (Wildman–Crippen MR) is 69.1 cm³/mol. The van der Waals surface area contributed by atoms with E-state index in [-0.39, 0.29) is 5.75 Å². The first-order valence-electron chi connectivity index (χ1n) is 5.53. The van der Waals surface area contributed by atoms with E-state index < -0.39 is 11.7 Å². The molecule has 2 aromatic carbocycles. The van der Waals surface area contributed by atoms with Crippen LogP contribution in [0.2, 0.25) is 0 Å². The minimum absolute atomic E-state index is 0.170. The summed E-state index contributed by atoms with van der Waals surface area (Å²) in [5.74, 6) is 0.623. The fourth-order valence-corrected chi connectivity index (χ4v) is 2.39. The Balaban J connectivity index is 2.05. The SMILES string of the molecule is Oc1ccc(SCc2cccc(C(F)(F)F)c2)cc1. The summed E-state index contributed by atoms with van der Waals surface area (Å²) < 4.78 is 37.6. The predicted octanol–water partition coefficient (Wildman–Crippen LogP) is 4.70. The fraction of sp³-hybridized carbons (Fsp3) is 0.143. The van der Waals surface area contributed by atoms with Gasteiger partial charge in [0.05, 0.1) is 5.56 Å². The van der Waals surface area contributed by atoms with Gasteiger partial charge in [-0.05, 0) is 35.9 Å². The summed E-state index contributed by atoms with van der Waals surface area (Å²) in [7, 11) is 0. The molecule has 0 aliphatic heterocycles. The zero-order valence-corrected chi connectivity index (χ0v) is 10.6. The van der Waals surface area contributed by atoms with Crippen LogP contribution >= 0.6 is 11.8 Å². The second-order valence-electron chi connectivity index (χ2n) is 3.98. The Hall–Kier alpha value is -1.62. The Kier molecular flexibility index (Phi) is 4.04. The van der Waals surface area contributed by atoms with Crippen molar-refractivity contribution < 1.29 is 18.3 Å². The highest BCUT2D eigenvalue weighted by Crippen LogP contribution is 2.31. The summed E-state index contributed by atoms with van der Waals surface area (Å²) in [5, 5.41) is 9.13. The van der Waals surface area contributed by atoms with E-state index in [4.69, 9.17) is 5.11 Å². The van der Waals surface area contributed by atoms with Crippen molar-refractivity contribution in [3.05, 3.63) is 59.7 Å². The quantitative estimate of drug-likeness (QED) is 0.824. The molecule has 0 aromatic heterocycles. The summed E-state index contributed by atoms with van der Waals surface area (Å²) in [4.78, 5) is 0.898. The van der Waals surface area contributed by atoms with Crippen molar-refractivity contribution in [1.82, 2.24) is 0 Å². The number of halogens is 3. The maximum Gasteiger partial charge on any atom is 0.416 e. The van der Waals surface area contributed by atoms with E-state index in [0.29, 0.717) is 11.3 Å². The van der Waals surface area contributed by atoms with Crippen LogP contribution in [0, 0.1) is 0 Å². The van der Waals surface area contributed by atoms with Crippen LogP contribution < -0.4 is 0 Å². The molecule has 0 aliphatic carbocycles. The van der Waals surface area contributed by atoms with Crippen molar-refractivity contribution >= 4 is 11.8 Å². The van der Waals surface area contributed by atoms with E-state index in [9.17, 15) is 13.2 Å². The smallest absolute Gasteiger partial charge is 0.416 e. The average molecular weight is 284 g/mol. The minimum Gasteiger partial charge on any atom is -0.508 e. The van der Waals surface area contributed by atoms with Gasteiger partial charge in [0, 0.05) is 10.6 Å². The molecule has 1 nitrogen and oxygen atoms in total. The third kappa shape index (κ3) is 3.92. The maximum absolute atomic E-state index is 12.5. The summed E-state index contributed by atoms with van der Waals surface area (Å²) >= 11 is 1.42. The number of hydrogen-bond donors (Lipinski definition) is 1. The molecule has 2 rings (SSSR count). The molecule has 0 fully saturated rings. The highest BCUT2D eigenvalue weighted by molar-refractivity contribution is 7.98. The van der Waals surface area contributed by atoms with Crippen LogP contribution in [0.25, 0.3) is 0 Å². The number of phenols is 1. The first kappa shape index (κ1) is 13.8. The lowest BCUT2D eigenvalue weighted by Gasteiger charge is -2.08. The van der Waals surface area contributed by atoms with Crippen molar-refractivity contribution in [3.63, 3.8) is 0 Å². The van der Waals surface area contributed by atoms with Gasteiger partial charge in [-0.15, -0.1) is 11.8 Å². The largest absolute Gasteiger partial charge is 0.508 e. The monoisotopic (exact) mass is 284 g/mol. The summed E-state index contributed by atoms with van der Waals surface area (Å²) in [6.45, 7) is 0. The molecule has 19 heavy (non-hydrogen) atoms. The number of hydrogen-bond acceptors (Lipinski definition) is 2. The van der Waals surface area contributed by atoms with Gasteiger partial charge in [-0.2, -0.15) is 13.2 Å². The Morgan fingerprint density at radius 3 is 2.32 bits per heavy atom. The molecule has 0 saturated heterocycles. The zero-order valence-electron chi connectivity index (χ0n) is 9.82. The standard InChI is InChI=1S/C14H11F3OS/c15-14(16,17)11-3-1-2-10(8-11)9-19-13-6-4-12(18)5-7-13/h1-8,18H,9H2. The van der Waals surface area contributed by atoms with Gasteiger partial charge >= 0.3 is 6.18 Å². The Bertz CT molecular complexity index is 549. The van der Waals surface area contributed by atoms with Crippen LogP contribution in [0.5, 0.6) is 5.75 Å². The second kappa shape index (κ2) is 5.57. The maximum atomic E-state index is 12.5. The van der Waals surface area contributed by atoms with Gasteiger partial charge in [0.15, 0.2) is 0 Å². The van der Waals surface area contributed by atoms with Crippen molar-refractivity contribution in [1.29, 1.82) is 0 Å². The molecule has 0 atom stereocenters. The molecule has 100 valence electrons. The van der Waals surface area contributed by atoms with Crippen LogP contribution in [0.15, 0.2) is 53.4 Å². The molecule has 0 spiro atoms. The van der Waals surface area contributed by atoms with Gasteiger partial charge in [0.25, 0.3) is 0 Å². The number of rotatable bonds is 3. The zero-order chi connectivity index (χ0) is 13.9. The van der Waals surface area contributed by atoms with E-state index in [2.05, 4.69) is 0 Å². The molecular weight excluding hydrogens is 273 g/mol. The van der Waals surface area contributed by atoms with Crippen LogP contribution in [0.4, 0.5) is 13.2 Å². The third-order valence-corrected chi connectivity index (χ3v) is 3.58. The van der Waals surface area contributed by atoms with Gasteiger partial charge in [-0.1, -0.05) is 18.2 Å². The lowest BCUT2D eigenvalue weighted by atomic mass is 10.1. The number of thioether (sulfide) groups is 1. The lowest BCUT2D eigenvalue weighted by molar-refractivity contribution is -0.137. The Morgan fingerprint density at radius 2 is 1.68 bits per heavy atom. The van der Waals surface area contributed by atoms with Gasteiger partial charge in [-0.25, -0.2) is 0 Å². The van der Waals surface area contributed by atoms with E-state index in [1.807, 2.05) is 0 Å². The lowest BCUT2D eigenvalue weighted by Crippen LogP contribution is -2.04. The van der Waals surface area contributed by atoms with Gasteiger partial charge in [0.1, 0.15) is 5.75 Å². The van der Waals surface area contributed by atoms with Crippen LogP contribution in [0.3, 0.4) is 0 Å². The molecule has 0 aliphatic rings. The van der Waals surface area contributed by atoms with Crippen molar-refractivity contribution in [2.75, 3.05) is 0 Å².